The average Bonchev–Trinajstić information content (AvgIpc) is 2.96. The second-order valence-corrected chi connectivity index (χ2v) is 5.50. The average molecular weight is 242 g/mol. The molecule has 1 fully saturated rings. The standard InChI is InChI=1S/C12H22N2O3/c1-8(9-4-5-9)13-11(17)14-12(2,3)7-6-10(15)16/h8-9H,4-7H2,1-3H3,(H,15,16)(H2,13,14,17). The summed E-state index contributed by atoms with van der Waals surface area (Å²) in [6.07, 6.45) is 2.85. The number of amides is 2. The van der Waals surface area contributed by atoms with Gasteiger partial charge in [0.05, 0.1) is 0 Å². The highest BCUT2D eigenvalue weighted by atomic mass is 16.4. The van der Waals surface area contributed by atoms with Gasteiger partial charge >= 0.3 is 12.0 Å². The Morgan fingerprint density at radius 1 is 1.41 bits per heavy atom. The molecule has 1 aliphatic carbocycles. The van der Waals surface area contributed by atoms with Gasteiger partial charge in [0.25, 0.3) is 0 Å². The lowest BCUT2D eigenvalue weighted by Crippen LogP contribution is -2.51. The predicted octanol–water partition coefficient (Wildman–Crippen LogP) is 1.73. The lowest BCUT2D eigenvalue weighted by molar-refractivity contribution is -0.137. The van der Waals surface area contributed by atoms with Gasteiger partial charge in [-0.2, -0.15) is 0 Å². The van der Waals surface area contributed by atoms with Gasteiger partial charge < -0.3 is 15.7 Å². The smallest absolute Gasteiger partial charge is 0.315 e. The van der Waals surface area contributed by atoms with Crippen molar-refractivity contribution in [1.29, 1.82) is 0 Å². The van der Waals surface area contributed by atoms with E-state index in [1.165, 1.54) is 12.8 Å². The summed E-state index contributed by atoms with van der Waals surface area (Å²) in [5, 5.41) is 14.3. The molecule has 1 aliphatic rings. The number of carbonyl (C=O) groups is 2. The Morgan fingerprint density at radius 3 is 2.47 bits per heavy atom. The molecule has 0 bridgehead atoms. The first-order chi connectivity index (χ1) is 7.80. The minimum Gasteiger partial charge on any atom is -0.481 e. The van der Waals surface area contributed by atoms with Crippen molar-refractivity contribution >= 4 is 12.0 Å². The Kier molecular flexibility index (Phi) is 4.37. The summed E-state index contributed by atoms with van der Waals surface area (Å²) in [5.41, 5.74) is -0.494. The number of carboxylic acids is 1. The number of hydrogen-bond donors (Lipinski definition) is 3. The van der Waals surface area contributed by atoms with Gasteiger partial charge in [0.15, 0.2) is 0 Å². The van der Waals surface area contributed by atoms with Crippen LogP contribution >= 0.6 is 0 Å². The van der Waals surface area contributed by atoms with Gasteiger partial charge in [0.2, 0.25) is 0 Å². The molecule has 0 aromatic rings. The van der Waals surface area contributed by atoms with E-state index in [9.17, 15) is 9.59 Å². The van der Waals surface area contributed by atoms with Crippen LogP contribution in [-0.4, -0.2) is 28.7 Å². The monoisotopic (exact) mass is 242 g/mol. The van der Waals surface area contributed by atoms with E-state index in [1.54, 1.807) is 0 Å². The molecular weight excluding hydrogens is 220 g/mol. The van der Waals surface area contributed by atoms with Crippen molar-refractivity contribution in [3.05, 3.63) is 0 Å². The fourth-order valence-corrected chi connectivity index (χ4v) is 1.75. The molecule has 5 nitrogen and oxygen atoms in total. The molecule has 98 valence electrons. The third kappa shape index (κ3) is 5.56. The van der Waals surface area contributed by atoms with Crippen molar-refractivity contribution in [2.24, 2.45) is 5.92 Å². The van der Waals surface area contributed by atoms with Crippen LogP contribution < -0.4 is 10.6 Å². The maximum Gasteiger partial charge on any atom is 0.315 e. The largest absolute Gasteiger partial charge is 0.481 e. The van der Waals surface area contributed by atoms with E-state index >= 15 is 0 Å². The minimum absolute atomic E-state index is 0.0610. The van der Waals surface area contributed by atoms with Crippen LogP contribution in [0.5, 0.6) is 0 Å². The summed E-state index contributed by atoms with van der Waals surface area (Å²) in [5.74, 6) is -0.227. The summed E-state index contributed by atoms with van der Waals surface area (Å²) in [4.78, 5) is 22.2. The summed E-state index contributed by atoms with van der Waals surface area (Å²) in [6.45, 7) is 5.66. The Hall–Kier alpha value is -1.26. The zero-order valence-electron chi connectivity index (χ0n) is 10.7. The van der Waals surface area contributed by atoms with E-state index in [4.69, 9.17) is 5.11 Å². The SMILES string of the molecule is CC(NC(=O)NC(C)(C)CCC(=O)O)C1CC1. The molecule has 1 rings (SSSR count). The lowest BCUT2D eigenvalue weighted by atomic mass is 9.99. The van der Waals surface area contributed by atoms with Crippen LogP contribution in [0.25, 0.3) is 0 Å². The molecule has 1 unspecified atom stereocenters. The normalized spacial score (nSPS) is 17.4. The van der Waals surface area contributed by atoms with E-state index in [-0.39, 0.29) is 18.5 Å². The molecule has 0 spiro atoms. The van der Waals surface area contributed by atoms with Crippen LogP contribution in [0.15, 0.2) is 0 Å². The van der Waals surface area contributed by atoms with Crippen LogP contribution in [0.2, 0.25) is 0 Å². The zero-order valence-corrected chi connectivity index (χ0v) is 10.7. The van der Waals surface area contributed by atoms with Crippen molar-refractivity contribution in [2.75, 3.05) is 0 Å². The number of rotatable bonds is 6. The highest BCUT2D eigenvalue weighted by Gasteiger charge is 2.30. The maximum atomic E-state index is 11.7. The Labute approximate surface area is 102 Å². The van der Waals surface area contributed by atoms with Crippen molar-refractivity contribution in [3.8, 4) is 0 Å². The molecule has 0 saturated heterocycles. The van der Waals surface area contributed by atoms with E-state index in [1.807, 2.05) is 20.8 Å². The number of carboxylic acid groups (broad SMARTS) is 1. The fourth-order valence-electron chi connectivity index (χ4n) is 1.75. The van der Waals surface area contributed by atoms with Crippen molar-refractivity contribution in [3.63, 3.8) is 0 Å². The zero-order chi connectivity index (χ0) is 13.1. The Morgan fingerprint density at radius 2 is 2.00 bits per heavy atom. The molecule has 17 heavy (non-hydrogen) atoms. The lowest BCUT2D eigenvalue weighted by Gasteiger charge is -2.27. The number of carbonyl (C=O) groups excluding carboxylic acids is 1. The van der Waals surface area contributed by atoms with Crippen LogP contribution in [0, 0.1) is 5.92 Å². The number of nitrogens with one attached hydrogen (secondary N) is 2. The van der Waals surface area contributed by atoms with Crippen LogP contribution in [0.3, 0.4) is 0 Å². The summed E-state index contributed by atoms with van der Waals surface area (Å²) >= 11 is 0. The third-order valence-electron chi connectivity index (χ3n) is 3.10. The molecular formula is C12H22N2O3. The molecule has 0 heterocycles. The Balaban J connectivity index is 2.29. The molecule has 1 atom stereocenters. The van der Waals surface area contributed by atoms with Gasteiger partial charge in [-0.3, -0.25) is 4.79 Å². The number of hydrogen-bond acceptors (Lipinski definition) is 2. The fraction of sp³-hybridized carbons (Fsp3) is 0.833. The van der Waals surface area contributed by atoms with Gasteiger partial charge in [-0.1, -0.05) is 0 Å². The molecule has 2 amide bonds. The maximum absolute atomic E-state index is 11.7. The van der Waals surface area contributed by atoms with E-state index in [0.717, 1.165) is 0 Å². The first kappa shape index (κ1) is 13.8. The summed E-state index contributed by atoms with van der Waals surface area (Å²) < 4.78 is 0. The first-order valence-electron chi connectivity index (χ1n) is 6.10. The molecule has 0 aliphatic heterocycles. The second-order valence-electron chi connectivity index (χ2n) is 5.50. The molecule has 0 aromatic carbocycles. The molecule has 3 N–H and O–H groups in total. The highest BCUT2D eigenvalue weighted by molar-refractivity contribution is 5.75. The first-order valence-corrected chi connectivity index (χ1v) is 6.10. The summed E-state index contributed by atoms with van der Waals surface area (Å²) in [6, 6.07) is -0.00920. The number of urea groups is 1. The predicted molar refractivity (Wildman–Crippen MR) is 64.8 cm³/mol. The number of aliphatic carboxylic acids is 1. The Bertz CT molecular complexity index is 298. The topological polar surface area (TPSA) is 78.4 Å². The molecule has 5 heteroatoms. The highest BCUT2D eigenvalue weighted by Crippen LogP contribution is 2.32. The van der Waals surface area contributed by atoms with Gasteiger partial charge in [0, 0.05) is 18.0 Å². The van der Waals surface area contributed by atoms with Gasteiger partial charge in [-0.15, -0.1) is 0 Å². The quantitative estimate of drug-likeness (QED) is 0.663. The molecule has 0 aromatic heterocycles. The van der Waals surface area contributed by atoms with Crippen molar-refractivity contribution in [1.82, 2.24) is 10.6 Å². The van der Waals surface area contributed by atoms with E-state index < -0.39 is 11.5 Å². The summed E-state index contributed by atoms with van der Waals surface area (Å²) in [7, 11) is 0. The van der Waals surface area contributed by atoms with Crippen LogP contribution in [0.1, 0.15) is 46.5 Å². The van der Waals surface area contributed by atoms with Gasteiger partial charge in [-0.25, -0.2) is 4.79 Å². The third-order valence-corrected chi connectivity index (χ3v) is 3.10. The van der Waals surface area contributed by atoms with Gasteiger partial charge in [-0.05, 0) is 46.0 Å². The second kappa shape index (κ2) is 5.38. The molecule has 1 saturated carbocycles. The van der Waals surface area contributed by atoms with Crippen LogP contribution in [-0.2, 0) is 4.79 Å². The van der Waals surface area contributed by atoms with Crippen LogP contribution in [0.4, 0.5) is 4.79 Å². The van der Waals surface area contributed by atoms with E-state index in [0.29, 0.717) is 12.3 Å². The van der Waals surface area contributed by atoms with Crippen molar-refractivity contribution in [2.45, 2.75) is 58.0 Å². The minimum atomic E-state index is -0.841. The van der Waals surface area contributed by atoms with Crippen molar-refractivity contribution < 1.29 is 14.7 Å². The van der Waals surface area contributed by atoms with Gasteiger partial charge in [0.1, 0.15) is 0 Å². The molecule has 0 radical (unpaired) electrons. The van der Waals surface area contributed by atoms with E-state index in [2.05, 4.69) is 10.6 Å².